The van der Waals surface area contributed by atoms with Crippen LogP contribution in [0.25, 0.3) is 11.1 Å². The standard InChI is InChI=1S/C16H21NOS/c1-18-10-6-5-9-17-12-16-11-15(13-19-16)14-7-3-2-4-8-14/h2-4,7-8,11,13,17H,5-6,9-10,12H2,1H3. The molecular weight excluding hydrogens is 254 g/mol. The summed E-state index contributed by atoms with van der Waals surface area (Å²) in [6.45, 7) is 2.88. The highest BCUT2D eigenvalue weighted by Gasteiger charge is 2.01. The summed E-state index contributed by atoms with van der Waals surface area (Å²) >= 11 is 1.83. The van der Waals surface area contributed by atoms with Crippen molar-refractivity contribution in [2.24, 2.45) is 0 Å². The van der Waals surface area contributed by atoms with Crippen molar-refractivity contribution >= 4 is 11.3 Å². The molecule has 0 fully saturated rings. The van der Waals surface area contributed by atoms with Crippen LogP contribution in [0.3, 0.4) is 0 Å². The van der Waals surface area contributed by atoms with Gasteiger partial charge in [0.2, 0.25) is 0 Å². The molecule has 0 aliphatic heterocycles. The summed E-state index contributed by atoms with van der Waals surface area (Å²) in [5, 5.41) is 5.71. The maximum atomic E-state index is 5.03. The molecule has 1 aromatic heterocycles. The summed E-state index contributed by atoms with van der Waals surface area (Å²) in [5.74, 6) is 0. The Morgan fingerprint density at radius 3 is 2.74 bits per heavy atom. The van der Waals surface area contributed by atoms with Gasteiger partial charge in [-0.2, -0.15) is 0 Å². The van der Waals surface area contributed by atoms with Crippen molar-refractivity contribution in [3.8, 4) is 11.1 Å². The van der Waals surface area contributed by atoms with Crippen molar-refractivity contribution in [1.29, 1.82) is 0 Å². The highest BCUT2D eigenvalue weighted by molar-refractivity contribution is 7.10. The van der Waals surface area contributed by atoms with Crippen LogP contribution in [0.5, 0.6) is 0 Å². The maximum absolute atomic E-state index is 5.03. The Balaban J connectivity index is 1.75. The molecule has 1 heterocycles. The fraction of sp³-hybridized carbons (Fsp3) is 0.375. The molecule has 0 amide bonds. The first kappa shape index (κ1) is 14.3. The van der Waals surface area contributed by atoms with Gasteiger partial charge < -0.3 is 10.1 Å². The summed E-state index contributed by atoms with van der Waals surface area (Å²) < 4.78 is 5.03. The summed E-state index contributed by atoms with van der Waals surface area (Å²) in [6, 6.07) is 12.8. The van der Waals surface area contributed by atoms with Gasteiger partial charge in [-0.05, 0) is 42.0 Å². The van der Waals surface area contributed by atoms with Crippen LogP contribution in [0.1, 0.15) is 17.7 Å². The third kappa shape index (κ3) is 4.78. The number of nitrogens with one attached hydrogen (secondary N) is 1. The fourth-order valence-corrected chi connectivity index (χ4v) is 2.83. The Kier molecular flexibility index (Phi) is 6.08. The molecular formula is C16H21NOS. The summed E-state index contributed by atoms with van der Waals surface area (Å²) in [5.41, 5.74) is 2.62. The molecule has 1 N–H and O–H groups in total. The summed E-state index contributed by atoms with van der Waals surface area (Å²) in [7, 11) is 1.75. The van der Waals surface area contributed by atoms with E-state index in [4.69, 9.17) is 4.74 Å². The minimum Gasteiger partial charge on any atom is -0.385 e. The number of ether oxygens (including phenoxy) is 1. The molecule has 0 radical (unpaired) electrons. The van der Waals surface area contributed by atoms with Crippen molar-refractivity contribution < 1.29 is 4.74 Å². The van der Waals surface area contributed by atoms with Crippen LogP contribution in [0.2, 0.25) is 0 Å². The summed E-state index contributed by atoms with van der Waals surface area (Å²) in [4.78, 5) is 1.39. The average molecular weight is 275 g/mol. The van der Waals surface area contributed by atoms with Crippen LogP contribution in [0, 0.1) is 0 Å². The lowest BCUT2D eigenvalue weighted by Crippen LogP contribution is -2.14. The lowest BCUT2D eigenvalue weighted by molar-refractivity contribution is 0.192. The SMILES string of the molecule is COCCCCNCc1cc(-c2ccccc2)cs1. The van der Waals surface area contributed by atoms with Crippen molar-refractivity contribution in [2.75, 3.05) is 20.3 Å². The molecule has 0 saturated heterocycles. The number of rotatable bonds is 8. The van der Waals surface area contributed by atoms with Gasteiger partial charge in [0.1, 0.15) is 0 Å². The lowest BCUT2D eigenvalue weighted by atomic mass is 10.1. The van der Waals surface area contributed by atoms with Gasteiger partial charge in [0.05, 0.1) is 0 Å². The van der Waals surface area contributed by atoms with Crippen LogP contribution in [0.15, 0.2) is 41.8 Å². The quantitative estimate of drug-likeness (QED) is 0.737. The largest absolute Gasteiger partial charge is 0.385 e. The van der Waals surface area contributed by atoms with Crippen LogP contribution in [-0.4, -0.2) is 20.3 Å². The number of thiophene rings is 1. The second-order valence-corrected chi connectivity index (χ2v) is 5.54. The van der Waals surface area contributed by atoms with Gasteiger partial charge in [0, 0.05) is 25.1 Å². The van der Waals surface area contributed by atoms with E-state index < -0.39 is 0 Å². The zero-order valence-electron chi connectivity index (χ0n) is 11.4. The predicted molar refractivity (Wildman–Crippen MR) is 82.6 cm³/mol. The normalized spacial score (nSPS) is 10.8. The predicted octanol–water partition coefficient (Wildman–Crippen LogP) is 3.93. The van der Waals surface area contributed by atoms with E-state index in [0.717, 1.165) is 26.1 Å². The Bertz CT molecular complexity index is 467. The van der Waals surface area contributed by atoms with E-state index in [1.807, 2.05) is 11.3 Å². The van der Waals surface area contributed by atoms with Crippen molar-refractivity contribution in [2.45, 2.75) is 19.4 Å². The molecule has 0 saturated carbocycles. The number of hydrogen-bond acceptors (Lipinski definition) is 3. The number of unbranched alkanes of at least 4 members (excludes halogenated alkanes) is 1. The Morgan fingerprint density at radius 1 is 1.11 bits per heavy atom. The number of benzene rings is 1. The lowest BCUT2D eigenvalue weighted by Gasteiger charge is -2.02. The highest BCUT2D eigenvalue weighted by Crippen LogP contribution is 2.25. The molecule has 0 spiro atoms. The van der Waals surface area contributed by atoms with E-state index in [9.17, 15) is 0 Å². The third-order valence-electron chi connectivity index (χ3n) is 3.01. The van der Waals surface area contributed by atoms with Crippen molar-refractivity contribution in [3.05, 3.63) is 46.7 Å². The Morgan fingerprint density at radius 2 is 1.95 bits per heavy atom. The van der Waals surface area contributed by atoms with E-state index in [1.54, 1.807) is 7.11 Å². The molecule has 3 heteroatoms. The first-order chi connectivity index (χ1) is 9.40. The molecule has 19 heavy (non-hydrogen) atoms. The fourth-order valence-electron chi connectivity index (χ4n) is 1.96. The monoisotopic (exact) mass is 275 g/mol. The minimum absolute atomic E-state index is 0.860. The maximum Gasteiger partial charge on any atom is 0.0462 e. The van der Waals surface area contributed by atoms with Crippen LogP contribution >= 0.6 is 11.3 Å². The number of methoxy groups -OCH3 is 1. The zero-order valence-corrected chi connectivity index (χ0v) is 12.2. The van der Waals surface area contributed by atoms with E-state index in [-0.39, 0.29) is 0 Å². The van der Waals surface area contributed by atoms with Gasteiger partial charge in [-0.15, -0.1) is 11.3 Å². The molecule has 0 aliphatic rings. The molecule has 2 nitrogen and oxygen atoms in total. The average Bonchev–Trinajstić information content (AvgIpc) is 2.92. The van der Waals surface area contributed by atoms with E-state index in [2.05, 4.69) is 47.1 Å². The van der Waals surface area contributed by atoms with Crippen LogP contribution < -0.4 is 5.32 Å². The smallest absolute Gasteiger partial charge is 0.0462 e. The third-order valence-corrected chi connectivity index (χ3v) is 3.95. The topological polar surface area (TPSA) is 21.3 Å². The number of hydrogen-bond donors (Lipinski definition) is 1. The molecule has 0 aliphatic carbocycles. The molecule has 2 aromatic rings. The second-order valence-electron chi connectivity index (χ2n) is 4.54. The highest BCUT2D eigenvalue weighted by atomic mass is 32.1. The van der Waals surface area contributed by atoms with E-state index in [0.29, 0.717) is 0 Å². The zero-order chi connectivity index (χ0) is 13.3. The summed E-state index contributed by atoms with van der Waals surface area (Å²) in [6.07, 6.45) is 2.30. The van der Waals surface area contributed by atoms with Crippen LogP contribution in [0.4, 0.5) is 0 Å². The van der Waals surface area contributed by atoms with Crippen molar-refractivity contribution in [3.63, 3.8) is 0 Å². The first-order valence-corrected chi connectivity index (χ1v) is 7.60. The minimum atomic E-state index is 0.860. The molecule has 0 atom stereocenters. The first-order valence-electron chi connectivity index (χ1n) is 6.72. The van der Waals surface area contributed by atoms with Gasteiger partial charge in [0.25, 0.3) is 0 Å². The Hall–Kier alpha value is -1.16. The molecule has 1 aromatic carbocycles. The molecule has 0 bridgehead atoms. The van der Waals surface area contributed by atoms with Gasteiger partial charge in [-0.25, -0.2) is 0 Å². The van der Waals surface area contributed by atoms with Gasteiger partial charge in [0.15, 0.2) is 0 Å². The van der Waals surface area contributed by atoms with Gasteiger partial charge in [-0.3, -0.25) is 0 Å². The molecule has 102 valence electrons. The molecule has 0 unspecified atom stereocenters. The molecule has 2 rings (SSSR count). The van der Waals surface area contributed by atoms with Gasteiger partial charge >= 0.3 is 0 Å². The van der Waals surface area contributed by atoms with E-state index in [1.165, 1.54) is 22.4 Å². The second kappa shape index (κ2) is 8.10. The Labute approximate surface area is 119 Å². The van der Waals surface area contributed by atoms with E-state index >= 15 is 0 Å². The van der Waals surface area contributed by atoms with Crippen LogP contribution in [-0.2, 0) is 11.3 Å². The van der Waals surface area contributed by atoms with Crippen molar-refractivity contribution in [1.82, 2.24) is 5.32 Å². The van der Waals surface area contributed by atoms with Gasteiger partial charge in [-0.1, -0.05) is 30.3 Å².